The lowest BCUT2D eigenvalue weighted by Gasteiger charge is -2.32. The molecule has 1 saturated heterocycles. The van der Waals surface area contributed by atoms with E-state index in [2.05, 4.69) is 5.32 Å². The van der Waals surface area contributed by atoms with E-state index in [1.807, 2.05) is 13.8 Å². The third kappa shape index (κ3) is 3.81. The van der Waals surface area contributed by atoms with Gasteiger partial charge in [0.25, 0.3) is 0 Å². The molecule has 1 unspecified atom stereocenters. The number of ether oxygens (including phenoxy) is 1. The zero-order valence-corrected chi connectivity index (χ0v) is 12.8. The van der Waals surface area contributed by atoms with Gasteiger partial charge in [0, 0.05) is 6.61 Å². The molecule has 2 fully saturated rings. The van der Waals surface area contributed by atoms with E-state index in [0.29, 0.717) is 19.1 Å². The molecular formula is C15H24N2O4. The molecule has 0 aromatic heterocycles. The minimum Gasteiger partial charge on any atom is -0.379 e. The van der Waals surface area contributed by atoms with Gasteiger partial charge in [0.05, 0.1) is 13.2 Å². The first-order valence-corrected chi connectivity index (χ1v) is 7.74. The molecular weight excluding hydrogens is 272 g/mol. The molecule has 1 atom stereocenters. The van der Waals surface area contributed by atoms with Gasteiger partial charge in [-0.25, -0.2) is 4.79 Å². The van der Waals surface area contributed by atoms with Crippen LogP contribution in [-0.2, 0) is 14.3 Å². The van der Waals surface area contributed by atoms with Crippen LogP contribution in [0.4, 0.5) is 4.79 Å². The van der Waals surface area contributed by atoms with Crippen LogP contribution >= 0.6 is 0 Å². The van der Waals surface area contributed by atoms with Gasteiger partial charge in [-0.15, -0.1) is 0 Å². The normalized spacial score (nSPS) is 24.0. The third-order valence-corrected chi connectivity index (χ3v) is 4.07. The fourth-order valence-electron chi connectivity index (χ4n) is 3.02. The number of carbonyl (C=O) groups is 3. The van der Waals surface area contributed by atoms with Crippen molar-refractivity contribution < 1.29 is 19.1 Å². The summed E-state index contributed by atoms with van der Waals surface area (Å²) in [5.41, 5.74) is 0. The van der Waals surface area contributed by atoms with E-state index in [-0.39, 0.29) is 18.4 Å². The van der Waals surface area contributed by atoms with Gasteiger partial charge in [-0.3, -0.25) is 19.8 Å². The standard InChI is InChI=1S/C15H24N2O4/c1-10(2)9-21-8-7-17-14(19)12(11-5-3-4-6-11)13(18)16-15(17)20/h10-12H,3-9H2,1-2H3,(H,16,18,20). The summed E-state index contributed by atoms with van der Waals surface area (Å²) in [5, 5.41) is 2.31. The first kappa shape index (κ1) is 15.9. The largest absolute Gasteiger partial charge is 0.379 e. The Bertz CT molecular complexity index is 416. The summed E-state index contributed by atoms with van der Waals surface area (Å²) in [7, 11) is 0. The second-order valence-electron chi connectivity index (χ2n) is 6.28. The Balaban J connectivity index is 1.94. The molecule has 6 heteroatoms. The molecule has 21 heavy (non-hydrogen) atoms. The number of imide groups is 2. The molecule has 0 bridgehead atoms. The molecule has 118 valence electrons. The van der Waals surface area contributed by atoms with Crippen LogP contribution in [0, 0.1) is 17.8 Å². The van der Waals surface area contributed by atoms with Gasteiger partial charge in [0.2, 0.25) is 11.8 Å². The van der Waals surface area contributed by atoms with E-state index in [4.69, 9.17) is 4.74 Å². The summed E-state index contributed by atoms with van der Waals surface area (Å²) in [6.45, 7) is 5.17. The van der Waals surface area contributed by atoms with Crippen molar-refractivity contribution in [2.45, 2.75) is 39.5 Å². The molecule has 4 amide bonds. The van der Waals surface area contributed by atoms with Gasteiger partial charge < -0.3 is 4.74 Å². The van der Waals surface area contributed by atoms with E-state index in [9.17, 15) is 14.4 Å². The molecule has 1 saturated carbocycles. The summed E-state index contributed by atoms with van der Waals surface area (Å²) in [5.74, 6) is -1.01. The summed E-state index contributed by atoms with van der Waals surface area (Å²) >= 11 is 0. The molecule has 1 N–H and O–H groups in total. The number of nitrogens with zero attached hydrogens (tertiary/aromatic N) is 1. The highest BCUT2D eigenvalue weighted by Gasteiger charge is 2.44. The van der Waals surface area contributed by atoms with E-state index < -0.39 is 17.9 Å². The van der Waals surface area contributed by atoms with Gasteiger partial charge in [-0.2, -0.15) is 0 Å². The number of carbonyl (C=O) groups excluding carboxylic acids is 3. The monoisotopic (exact) mass is 296 g/mol. The maximum absolute atomic E-state index is 12.5. The average molecular weight is 296 g/mol. The van der Waals surface area contributed by atoms with Gasteiger partial charge in [-0.1, -0.05) is 26.7 Å². The minimum atomic E-state index is -0.699. The topological polar surface area (TPSA) is 75.7 Å². The van der Waals surface area contributed by atoms with Crippen molar-refractivity contribution in [3.63, 3.8) is 0 Å². The van der Waals surface area contributed by atoms with Crippen molar-refractivity contribution in [1.82, 2.24) is 10.2 Å². The molecule has 6 nitrogen and oxygen atoms in total. The zero-order chi connectivity index (χ0) is 15.4. The van der Waals surface area contributed by atoms with Crippen LogP contribution in [0.15, 0.2) is 0 Å². The first-order chi connectivity index (χ1) is 10.0. The Morgan fingerprint density at radius 1 is 1.24 bits per heavy atom. The van der Waals surface area contributed by atoms with Crippen LogP contribution in [0.1, 0.15) is 39.5 Å². The predicted molar refractivity (Wildman–Crippen MR) is 76.4 cm³/mol. The fourth-order valence-corrected chi connectivity index (χ4v) is 3.02. The molecule has 1 aliphatic carbocycles. The minimum absolute atomic E-state index is 0.0738. The molecule has 1 heterocycles. The Morgan fingerprint density at radius 2 is 1.90 bits per heavy atom. The second kappa shape index (κ2) is 7.02. The smallest absolute Gasteiger partial charge is 0.330 e. The van der Waals surface area contributed by atoms with E-state index in [1.165, 1.54) is 0 Å². The molecule has 2 aliphatic rings. The Hall–Kier alpha value is -1.43. The number of barbiturate groups is 1. The number of hydrogen-bond donors (Lipinski definition) is 1. The lowest BCUT2D eigenvalue weighted by atomic mass is 9.87. The van der Waals surface area contributed by atoms with Crippen LogP contribution in [0.25, 0.3) is 0 Å². The molecule has 0 spiro atoms. The van der Waals surface area contributed by atoms with Crippen LogP contribution < -0.4 is 5.32 Å². The Kier molecular flexibility index (Phi) is 5.33. The Labute approximate surface area is 125 Å². The molecule has 1 aliphatic heterocycles. The van der Waals surface area contributed by atoms with Crippen molar-refractivity contribution >= 4 is 17.8 Å². The average Bonchev–Trinajstić information content (AvgIpc) is 2.90. The summed E-state index contributed by atoms with van der Waals surface area (Å²) < 4.78 is 5.42. The molecule has 2 rings (SSSR count). The quantitative estimate of drug-likeness (QED) is 0.596. The van der Waals surface area contributed by atoms with Crippen molar-refractivity contribution in [2.24, 2.45) is 17.8 Å². The summed E-state index contributed by atoms with van der Waals surface area (Å²) in [6, 6.07) is -0.618. The van der Waals surface area contributed by atoms with Crippen LogP contribution in [0.2, 0.25) is 0 Å². The third-order valence-electron chi connectivity index (χ3n) is 4.07. The second-order valence-corrected chi connectivity index (χ2v) is 6.28. The van der Waals surface area contributed by atoms with E-state index in [0.717, 1.165) is 30.6 Å². The fraction of sp³-hybridized carbons (Fsp3) is 0.800. The number of hydrogen-bond acceptors (Lipinski definition) is 4. The maximum atomic E-state index is 12.5. The highest BCUT2D eigenvalue weighted by atomic mass is 16.5. The van der Waals surface area contributed by atoms with E-state index >= 15 is 0 Å². The number of rotatable bonds is 6. The van der Waals surface area contributed by atoms with Crippen molar-refractivity contribution in [2.75, 3.05) is 19.8 Å². The van der Waals surface area contributed by atoms with Gasteiger partial charge in [-0.05, 0) is 24.7 Å². The van der Waals surface area contributed by atoms with Crippen molar-refractivity contribution in [3.8, 4) is 0 Å². The SMILES string of the molecule is CC(C)COCCN1C(=O)NC(=O)C(C2CCCC2)C1=O. The molecule has 0 aromatic carbocycles. The first-order valence-electron chi connectivity index (χ1n) is 7.74. The number of amides is 4. The molecule has 0 aromatic rings. The Morgan fingerprint density at radius 3 is 2.52 bits per heavy atom. The van der Waals surface area contributed by atoms with E-state index in [1.54, 1.807) is 0 Å². The van der Waals surface area contributed by atoms with Gasteiger partial charge >= 0.3 is 6.03 Å². The summed E-state index contributed by atoms with van der Waals surface area (Å²) in [6.07, 6.45) is 3.87. The highest BCUT2D eigenvalue weighted by Crippen LogP contribution is 2.33. The highest BCUT2D eigenvalue weighted by molar-refractivity contribution is 6.16. The van der Waals surface area contributed by atoms with Gasteiger partial charge in [0.15, 0.2) is 0 Å². The number of urea groups is 1. The maximum Gasteiger partial charge on any atom is 0.330 e. The summed E-state index contributed by atoms with van der Waals surface area (Å²) in [4.78, 5) is 37.4. The predicted octanol–water partition coefficient (Wildman–Crippen LogP) is 1.54. The van der Waals surface area contributed by atoms with Crippen LogP contribution in [0.3, 0.4) is 0 Å². The van der Waals surface area contributed by atoms with Crippen LogP contribution in [-0.4, -0.2) is 42.5 Å². The van der Waals surface area contributed by atoms with Crippen molar-refractivity contribution in [1.29, 1.82) is 0 Å². The lowest BCUT2D eigenvalue weighted by Crippen LogP contribution is -2.60. The van der Waals surface area contributed by atoms with Crippen LogP contribution in [0.5, 0.6) is 0 Å². The zero-order valence-electron chi connectivity index (χ0n) is 12.8. The molecule has 0 radical (unpaired) electrons. The number of nitrogens with one attached hydrogen (secondary N) is 1. The van der Waals surface area contributed by atoms with Gasteiger partial charge in [0.1, 0.15) is 5.92 Å². The lowest BCUT2D eigenvalue weighted by molar-refractivity contribution is -0.145. The van der Waals surface area contributed by atoms with Crippen molar-refractivity contribution in [3.05, 3.63) is 0 Å².